The number of aryl methyl sites for hydroxylation is 2. The van der Waals surface area contributed by atoms with E-state index in [9.17, 15) is 14.9 Å². The Bertz CT molecular complexity index is 1130. The maximum atomic E-state index is 13.5. The third-order valence-corrected chi connectivity index (χ3v) is 6.57. The van der Waals surface area contributed by atoms with E-state index >= 15 is 0 Å². The number of amides is 1. The first-order valence-electron chi connectivity index (χ1n) is 10.1. The molecule has 0 saturated heterocycles. The summed E-state index contributed by atoms with van der Waals surface area (Å²) in [5, 5.41) is 12.0. The minimum Gasteiger partial charge on any atom is -0.302 e. The smallest absolute Gasteiger partial charge is 0.270 e. The van der Waals surface area contributed by atoms with Gasteiger partial charge in [-0.1, -0.05) is 42.9 Å². The van der Waals surface area contributed by atoms with E-state index in [1.54, 1.807) is 4.90 Å². The van der Waals surface area contributed by atoms with Gasteiger partial charge in [0, 0.05) is 25.2 Å². The lowest BCUT2D eigenvalue weighted by Crippen LogP contribution is -2.39. The summed E-state index contributed by atoms with van der Waals surface area (Å²) in [6.07, 6.45) is 0. The standard InChI is InChI=1S/C22H25ClN4O3S/c1-5-25(6-2)9-10-26(21(28)17-13-16(27(29)30)7-8-18(17)23)22-24-20-15(4)11-14(3)12-19(20)31-22/h7-8,11-13H,5-6,9-10H2,1-4H3. The minimum atomic E-state index is -0.531. The molecule has 1 amide bonds. The number of halogens is 1. The highest BCUT2D eigenvalue weighted by atomic mass is 35.5. The van der Waals surface area contributed by atoms with Gasteiger partial charge in [0.2, 0.25) is 0 Å². The lowest BCUT2D eigenvalue weighted by Gasteiger charge is -2.25. The number of nitrogens with zero attached hydrogens (tertiary/aromatic N) is 4. The van der Waals surface area contributed by atoms with Gasteiger partial charge >= 0.3 is 0 Å². The van der Waals surface area contributed by atoms with Crippen LogP contribution >= 0.6 is 22.9 Å². The molecule has 1 heterocycles. The Morgan fingerprint density at radius 1 is 1.16 bits per heavy atom. The topological polar surface area (TPSA) is 79.6 Å². The molecule has 164 valence electrons. The van der Waals surface area contributed by atoms with Gasteiger partial charge in [0.1, 0.15) is 0 Å². The maximum Gasteiger partial charge on any atom is 0.270 e. The molecule has 7 nitrogen and oxygen atoms in total. The zero-order valence-electron chi connectivity index (χ0n) is 18.0. The number of benzene rings is 2. The normalized spacial score (nSPS) is 11.3. The van der Waals surface area contributed by atoms with Crippen LogP contribution in [0.4, 0.5) is 10.8 Å². The fraction of sp³-hybridized carbons (Fsp3) is 0.364. The number of fused-ring (bicyclic) bond motifs is 1. The summed E-state index contributed by atoms with van der Waals surface area (Å²) < 4.78 is 0.998. The SMILES string of the molecule is CCN(CC)CCN(C(=O)c1cc([N+](=O)[O-])ccc1Cl)c1nc2c(C)cc(C)cc2s1. The van der Waals surface area contributed by atoms with Crippen molar-refractivity contribution in [2.45, 2.75) is 27.7 Å². The Hall–Kier alpha value is -2.55. The van der Waals surface area contributed by atoms with E-state index in [0.29, 0.717) is 18.2 Å². The molecule has 0 fully saturated rings. The second kappa shape index (κ2) is 9.72. The monoisotopic (exact) mass is 460 g/mol. The van der Waals surface area contributed by atoms with Gasteiger partial charge < -0.3 is 4.90 Å². The maximum absolute atomic E-state index is 13.5. The van der Waals surface area contributed by atoms with Crippen molar-refractivity contribution in [3.63, 3.8) is 0 Å². The van der Waals surface area contributed by atoms with Gasteiger partial charge in [0.05, 0.1) is 25.7 Å². The summed E-state index contributed by atoms with van der Waals surface area (Å²) in [6.45, 7) is 10.9. The highest BCUT2D eigenvalue weighted by molar-refractivity contribution is 7.22. The predicted octanol–water partition coefficient (Wildman–Crippen LogP) is 5.46. The van der Waals surface area contributed by atoms with Crippen LogP contribution in [0.5, 0.6) is 0 Å². The number of carbonyl (C=O) groups is 1. The van der Waals surface area contributed by atoms with Gasteiger partial charge in [0.15, 0.2) is 5.13 Å². The number of rotatable bonds is 8. The van der Waals surface area contributed by atoms with Gasteiger partial charge in [-0.15, -0.1) is 0 Å². The van der Waals surface area contributed by atoms with Crippen LogP contribution in [-0.2, 0) is 0 Å². The molecule has 1 aromatic heterocycles. The van der Waals surface area contributed by atoms with Crippen LogP contribution in [0.2, 0.25) is 5.02 Å². The van der Waals surface area contributed by atoms with Crippen LogP contribution in [0.25, 0.3) is 10.2 Å². The Labute approximate surface area is 190 Å². The summed E-state index contributed by atoms with van der Waals surface area (Å²) in [6, 6.07) is 8.03. The number of likely N-dealkylation sites (N-methyl/N-ethyl adjacent to an activating group) is 1. The number of hydrogen-bond donors (Lipinski definition) is 0. The van der Waals surface area contributed by atoms with Crippen molar-refractivity contribution >= 4 is 49.9 Å². The number of aromatic nitrogens is 1. The van der Waals surface area contributed by atoms with Crippen molar-refractivity contribution in [1.29, 1.82) is 0 Å². The summed E-state index contributed by atoms with van der Waals surface area (Å²) in [5.41, 5.74) is 2.95. The van der Waals surface area contributed by atoms with E-state index in [2.05, 4.69) is 30.9 Å². The molecule has 0 aliphatic carbocycles. The van der Waals surface area contributed by atoms with Crippen LogP contribution in [0.3, 0.4) is 0 Å². The minimum absolute atomic E-state index is 0.0996. The number of hydrogen-bond acceptors (Lipinski definition) is 6. The van der Waals surface area contributed by atoms with E-state index in [-0.39, 0.29) is 16.3 Å². The Kier molecular flexibility index (Phi) is 7.25. The average molecular weight is 461 g/mol. The van der Waals surface area contributed by atoms with Crippen molar-refractivity contribution in [3.05, 3.63) is 62.2 Å². The highest BCUT2D eigenvalue weighted by Gasteiger charge is 2.25. The van der Waals surface area contributed by atoms with Crippen molar-refractivity contribution in [1.82, 2.24) is 9.88 Å². The van der Waals surface area contributed by atoms with Crippen LogP contribution in [0, 0.1) is 24.0 Å². The second-order valence-corrected chi connectivity index (χ2v) is 8.75. The van der Waals surface area contributed by atoms with Crippen LogP contribution < -0.4 is 4.90 Å². The Morgan fingerprint density at radius 2 is 1.87 bits per heavy atom. The first kappa shape index (κ1) is 23.1. The molecule has 3 aromatic rings. The van der Waals surface area contributed by atoms with Crippen LogP contribution in [0.15, 0.2) is 30.3 Å². The molecule has 2 aromatic carbocycles. The van der Waals surface area contributed by atoms with Gasteiger partial charge in [0.25, 0.3) is 11.6 Å². The molecular formula is C22H25ClN4O3S. The van der Waals surface area contributed by atoms with Crippen LogP contribution in [-0.4, -0.2) is 46.9 Å². The molecule has 0 bridgehead atoms. The molecule has 0 atom stereocenters. The van der Waals surface area contributed by atoms with E-state index < -0.39 is 10.8 Å². The van der Waals surface area contributed by atoms with Gasteiger partial charge in [-0.3, -0.25) is 19.8 Å². The zero-order valence-corrected chi connectivity index (χ0v) is 19.6. The van der Waals surface area contributed by atoms with Crippen molar-refractivity contribution < 1.29 is 9.72 Å². The van der Waals surface area contributed by atoms with Crippen LogP contribution in [0.1, 0.15) is 35.3 Å². The Balaban J connectivity index is 2.06. The first-order valence-corrected chi connectivity index (χ1v) is 11.3. The molecule has 0 unspecified atom stereocenters. The molecule has 0 radical (unpaired) electrons. The lowest BCUT2D eigenvalue weighted by atomic mass is 10.1. The fourth-order valence-corrected chi connectivity index (χ4v) is 4.84. The lowest BCUT2D eigenvalue weighted by molar-refractivity contribution is -0.384. The van der Waals surface area contributed by atoms with Gasteiger partial charge in [-0.05, 0) is 50.2 Å². The van der Waals surface area contributed by atoms with E-state index in [1.165, 1.54) is 29.5 Å². The Morgan fingerprint density at radius 3 is 2.52 bits per heavy atom. The number of nitro benzene ring substituents is 1. The molecule has 3 rings (SSSR count). The second-order valence-electron chi connectivity index (χ2n) is 7.33. The third-order valence-electron chi connectivity index (χ3n) is 5.22. The average Bonchev–Trinajstić information content (AvgIpc) is 3.15. The van der Waals surface area contributed by atoms with E-state index in [1.807, 2.05) is 13.8 Å². The fourth-order valence-electron chi connectivity index (χ4n) is 3.48. The molecule has 0 aliphatic heterocycles. The number of nitro groups is 1. The summed E-state index contributed by atoms with van der Waals surface area (Å²) in [5.74, 6) is -0.394. The summed E-state index contributed by atoms with van der Waals surface area (Å²) >= 11 is 7.71. The zero-order chi connectivity index (χ0) is 22.7. The molecule has 0 N–H and O–H groups in total. The number of non-ortho nitro benzene ring substituents is 1. The molecule has 9 heteroatoms. The number of thiazole rings is 1. The molecule has 31 heavy (non-hydrogen) atoms. The summed E-state index contributed by atoms with van der Waals surface area (Å²) in [7, 11) is 0. The predicted molar refractivity (Wildman–Crippen MR) is 127 cm³/mol. The van der Waals surface area contributed by atoms with Crippen molar-refractivity contribution in [2.75, 3.05) is 31.1 Å². The largest absolute Gasteiger partial charge is 0.302 e. The highest BCUT2D eigenvalue weighted by Crippen LogP contribution is 2.33. The van der Waals surface area contributed by atoms with E-state index in [0.717, 1.165) is 34.4 Å². The van der Waals surface area contributed by atoms with Gasteiger partial charge in [-0.2, -0.15) is 0 Å². The molecule has 0 saturated carbocycles. The number of carbonyl (C=O) groups excluding carboxylic acids is 1. The molecular weight excluding hydrogens is 436 g/mol. The molecule has 0 spiro atoms. The third kappa shape index (κ3) is 5.03. The summed E-state index contributed by atoms with van der Waals surface area (Å²) in [4.78, 5) is 32.8. The first-order chi connectivity index (χ1) is 14.7. The quantitative estimate of drug-likeness (QED) is 0.329. The van der Waals surface area contributed by atoms with Crippen molar-refractivity contribution in [3.8, 4) is 0 Å². The molecule has 0 aliphatic rings. The van der Waals surface area contributed by atoms with E-state index in [4.69, 9.17) is 16.6 Å². The van der Waals surface area contributed by atoms with Crippen molar-refractivity contribution in [2.24, 2.45) is 0 Å². The number of anilines is 1. The van der Waals surface area contributed by atoms with Gasteiger partial charge in [-0.25, -0.2) is 4.98 Å².